The van der Waals surface area contributed by atoms with Crippen molar-refractivity contribution < 1.29 is 9.90 Å². The molecule has 0 unspecified atom stereocenters. The monoisotopic (exact) mass is 343 g/mol. The van der Waals surface area contributed by atoms with Gasteiger partial charge in [0.25, 0.3) is 5.91 Å². The highest BCUT2D eigenvalue weighted by Gasteiger charge is 2.19. The maximum Gasteiger partial charge on any atom is 0.275 e. The quantitative estimate of drug-likeness (QED) is 0.823. The van der Waals surface area contributed by atoms with Gasteiger partial charge in [-0.05, 0) is 41.1 Å². The number of nitrogens with one attached hydrogen (secondary N) is 1. The summed E-state index contributed by atoms with van der Waals surface area (Å²) >= 11 is 9.14. The van der Waals surface area contributed by atoms with Crippen LogP contribution in [0.25, 0.3) is 0 Å². The van der Waals surface area contributed by atoms with Crippen molar-refractivity contribution >= 4 is 39.1 Å². The molecule has 100 valence electrons. The van der Waals surface area contributed by atoms with Crippen molar-refractivity contribution in [3.8, 4) is 5.75 Å². The number of amides is 1. The summed E-state index contributed by atoms with van der Waals surface area (Å²) in [6.07, 6.45) is 0. The van der Waals surface area contributed by atoms with Gasteiger partial charge in [-0.2, -0.15) is 5.10 Å². The Balaban J connectivity index is 2.33. The van der Waals surface area contributed by atoms with Crippen molar-refractivity contribution in [1.29, 1.82) is 0 Å². The minimum atomic E-state index is -0.382. The third-order valence-electron chi connectivity index (χ3n) is 2.57. The molecule has 1 heterocycles. The molecule has 2 aromatic rings. The molecule has 0 saturated carbocycles. The zero-order valence-corrected chi connectivity index (χ0v) is 12.6. The Kier molecular flexibility index (Phi) is 3.82. The van der Waals surface area contributed by atoms with E-state index in [4.69, 9.17) is 11.6 Å². The number of phenolic OH excluding ortho intramolecular Hbond substituents is 1. The highest BCUT2D eigenvalue weighted by Crippen LogP contribution is 2.28. The van der Waals surface area contributed by atoms with Gasteiger partial charge in [-0.1, -0.05) is 11.6 Å². The zero-order valence-electron chi connectivity index (χ0n) is 10.2. The van der Waals surface area contributed by atoms with Gasteiger partial charge in [0.05, 0.1) is 15.9 Å². The van der Waals surface area contributed by atoms with Crippen molar-refractivity contribution in [2.24, 2.45) is 7.05 Å². The third-order valence-corrected chi connectivity index (χ3v) is 3.76. The van der Waals surface area contributed by atoms with Crippen molar-refractivity contribution in [1.82, 2.24) is 9.78 Å². The van der Waals surface area contributed by atoms with E-state index in [9.17, 15) is 9.90 Å². The van der Waals surface area contributed by atoms with Gasteiger partial charge in [0, 0.05) is 12.1 Å². The number of aryl methyl sites for hydroxylation is 2. The molecule has 0 aliphatic rings. The lowest BCUT2D eigenvalue weighted by Gasteiger charge is -2.08. The number of aromatic hydroxyl groups is 1. The fraction of sp³-hybridized carbons (Fsp3) is 0.167. The number of aromatic nitrogens is 2. The van der Waals surface area contributed by atoms with Crippen LogP contribution in [0, 0.1) is 6.92 Å². The number of carbonyl (C=O) groups is 1. The van der Waals surface area contributed by atoms with E-state index in [1.54, 1.807) is 14.0 Å². The summed E-state index contributed by atoms with van der Waals surface area (Å²) in [6, 6.07) is 4.43. The van der Waals surface area contributed by atoms with Crippen LogP contribution < -0.4 is 5.32 Å². The molecule has 1 aromatic heterocycles. The second-order valence-electron chi connectivity index (χ2n) is 3.99. The van der Waals surface area contributed by atoms with E-state index in [1.807, 2.05) is 0 Å². The van der Waals surface area contributed by atoms with Gasteiger partial charge in [-0.3, -0.25) is 9.48 Å². The van der Waals surface area contributed by atoms with E-state index in [2.05, 4.69) is 26.3 Å². The van der Waals surface area contributed by atoms with Crippen LogP contribution in [-0.4, -0.2) is 20.8 Å². The lowest BCUT2D eigenvalue weighted by molar-refractivity contribution is 0.101. The number of hydrogen-bond acceptors (Lipinski definition) is 3. The maximum atomic E-state index is 12.2. The van der Waals surface area contributed by atoms with Gasteiger partial charge in [0.2, 0.25) is 0 Å². The molecule has 0 fully saturated rings. The number of halogens is 2. The first-order valence-electron chi connectivity index (χ1n) is 5.39. The predicted octanol–water partition coefficient (Wildman–Crippen LogP) is 3.10. The van der Waals surface area contributed by atoms with Gasteiger partial charge in [-0.15, -0.1) is 0 Å². The van der Waals surface area contributed by atoms with Crippen LogP contribution in [0.4, 0.5) is 5.69 Å². The molecule has 0 atom stereocenters. The number of hydrogen-bond donors (Lipinski definition) is 2. The molecule has 5 nitrogen and oxygen atoms in total. The molecule has 0 radical (unpaired) electrons. The molecule has 19 heavy (non-hydrogen) atoms. The van der Waals surface area contributed by atoms with Crippen LogP contribution in [0.1, 0.15) is 16.2 Å². The highest BCUT2D eigenvalue weighted by atomic mass is 79.9. The molecular formula is C12H11BrClN3O2. The normalized spacial score (nSPS) is 10.5. The Morgan fingerprint density at radius 1 is 1.53 bits per heavy atom. The Morgan fingerprint density at radius 3 is 2.79 bits per heavy atom. The van der Waals surface area contributed by atoms with E-state index in [-0.39, 0.29) is 17.3 Å². The number of carbonyl (C=O) groups excluding carboxylic acids is 1. The van der Waals surface area contributed by atoms with Crippen LogP contribution in [0.2, 0.25) is 5.02 Å². The lowest BCUT2D eigenvalue weighted by Crippen LogP contribution is -2.16. The number of benzene rings is 1. The van der Waals surface area contributed by atoms with E-state index in [1.165, 1.54) is 22.9 Å². The first kappa shape index (κ1) is 13.9. The summed E-state index contributed by atoms with van der Waals surface area (Å²) in [4.78, 5) is 12.2. The van der Waals surface area contributed by atoms with E-state index >= 15 is 0 Å². The summed E-state index contributed by atoms with van der Waals surface area (Å²) in [6.45, 7) is 1.79. The van der Waals surface area contributed by atoms with Gasteiger partial charge in [-0.25, -0.2) is 0 Å². The average molecular weight is 345 g/mol. The topological polar surface area (TPSA) is 67.2 Å². The molecule has 0 saturated heterocycles. The molecular weight excluding hydrogens is 334 g/mol. The number of anilines is 1. The number of rotatable bonds is 2. The molecule has 7 heteroatoms. The second-order valence-corrected chi connectivity index (χ2v) is 5.22. The summed E-state index contributed by atoms with van der Waals surface area (Å²) < 4.78 is 2.09. The minimum Gasteiger partial charge on any atom is -0.506 e. The maximum absolute atomic E-state index is 12.2. The molecule has 1 aromatic carbocycles. The molecule has 0 aliphatic carbocycles. The fourth-order valence-electron chi connectivity index (χ4n) is 1.67. The zero-order chi connectivity index (χ0) is 14.2. The van der Waals surface area contributed by atoms with Crippen molar-refractivity contribution in [3.05, 3.63) is 39.1 Å². The Labute approximate surface area is 123 Å². The number of nitrogens with zero attached hydrogens (tertiary/aromatic N) is 2. The van der Waals surface area contributed by atoms with Gasteiger partial charge >= 0.3 is 0 Å². The van der Waals surface area contributed by atoms with Crippen molar-refractivity contribution in [2.45, 2.75) is 6.92 Å². The minimum absolute atomic E-state index is 0.0484. The summed E-state index contributed by atoms with van der Waals surface area (Å²) in [7, 11) is 1.67. The van der Waals surface area contributed by atoms with Gasteiger partial charge in [0.1, 0.15) is 11.4 Å². The fourth-order valence-corrected chi connectivity index (χ4v) is 2.36. The number of phenols is 1. The molecule has 0 spiro atoms. The summed E-state index contributed by atoms with van der Waals surface area (Å²) in [5.41, 5.74) is 1.34. The first-order valence-corrected chi connectivity index (χ1v) is 6.56. The highest BCUT2D eigenvalue weighted by molar-refractivity contribution is 9.10. The van der Waals surface area contributed by atoms with Crippen molar-refractivity contribution in [2.75, 3.05) is 5.32 Å². The first-order chi connectivity index (χ1) is 8.90. The Hall–Kier alpha value is -1.53. The lowest BCUT2D eigenvalue weighted by atomic mass is 10.2. The second kappa shape index (κ2) is 5.22. The summed E-state index contributed by atoms with van der Waals surface area (Å²) in [5, 5.41) is 16.8. The van der Waals surface area contributed by atoms with Crippen LogP contribution in [-0.2, 0) is 7.05 Å². The molecule has 2 rings (SSSR count). The van der Waals surface area contributed by atoms with Crippen LogP contribution >= 0.6 is 27.5 Å². The Bertz CT molecular complexity index is 655. The van der Waals surface area contributed by atoms with Crippen molar-refractivity contribution in [3.63, 3.8) is 0 Å². The average Bonchev–Trinajstić information content (AvgIpc) is 2.58. The Morgan fingerprint density at radius 2 is 2.21 bits per heavy atom. The standard InChI is InChI=1S/C12H11BrClN3O2/c1-6-10(13)11(17(2)16-6)12(19)15-8-5-7(14)3-4-9(8)18/h3-5,18H,1-2H3,(H,15,19). The smallest absolute Gasteiger partial charge is 0.275 e. The van der Waals surface area contributed by atoms with Crippen LogP contribution in [0.3, 0.4) is 0 Å². The SMILES string of the molecule is Cc1nn(C)c(C(=O)Nc2cc(Cl)ccc2O)c1Br. The molecule has 0 aliphatic heterocycles. The summed E-state index contributed by atoms with van der Waals surface area (Å²) in [5.74, 6) is -0.430. The van der Waals surface area contributed by atoms with E-state index in [0.717, 1.165) is 0 Å². The predicted molar refractivity (Wildman–Crippen MR) is 76.7 cm³/mol. The molecule has 0 bridgehead atoms. The largest absolute Gasteiger partial charge is 0.506 e. The van der Waals surface area contributed by atoms with Gasteiger partial charge in [0.15, 0.2) is 0 Å². The van der Waals surface area contributed by atoms with Crippen LogP contribution in [0.5, 0.6) is 5.75 Å². The van der Waals surface area contributed by atoms with Gasteiger partial charge < -0.3 is 10.4 Å². The van der Waals surface area contributed by atoms with E-state index in [0.29, 0.717) is 20.9 Å². The van der Waals surface area contributed by atoms with E-state index < -0.39 is 0 Å². The third kappa shape index (κ3) is 2.74. The van der Waals surface area contributed by atoms with Crippen LogP contribution in [0.15, 0.2) is 22.7 Å². The molecule has 1 amide bonds. The molecule has 2 N–H and O–H groups in total.